The number of nitrogen functional groups attached to an aromatic ring is 1. The molecule has 0 saturated carbocycles. The molecular formula is C30H42N7O19P3S. The van der Waals surface area contributed by atoms with Crippen LogP contribution in [0.2, 0.25) is 0 Å². The standard InChI is InChI=1S/C30H42N7O19P3S/c1-30(2,25(43)28(44)33-8-7-20(40)32-9-10-60-21(41)11-18(39)16-5-3-4-6-17(16)38)13-53-59(50,51)56-58(48,49)52-12-19-24(55-57(45,46)47)23(42)29(54-19)37-15-36-22-26(31)34-14-35-27(22)37/h3-6,14-15,19,23-25,29,38,42-43H,7-13H2,1-2H3,(H,32,40)(H,33,44)(H,48,49)(H,50,51)(H2,31,34,35)(H2,45,46,47)/t19-,23-,24-,25+,29-/m1/s1. The van der Waals surface area contributed by atoms with E-state index in [-0.39, 0.29) is 53.6 Å². The van der Waals surface area contributed by atoms with E-state index in [4.69, 9.17) is 19.5 Å². The molecule has 4 rings (SSSR count). The summed E-state index contributed by atoms with van der Waals surface area (Å²) in [6.45, 7) is 0.138. The third-order valence-corrected chi connectivity index (χ3v) is 12.2. The summed E-state index contributed by atoms with van der Waals surface area (Å²) in [7, 11) is -16.5. The Hall–Kier alpha value is -3.75. The Labute approximate surface area is 343 Å². The number of anilines is 1. The van der Waals surface area contributed by atoms with Crippen LogP contribution in [-0.2, 0) is 50.7 Å². The van der Waals surface area contributed by atoms with Crippen molar-refractivity contribution in [3.8, 4) is 5.75 Å². The van der Waals surface area contributed by atoms with Gasteiger partial charge in [-0.25, -0.2) is 28.6 Å². The van der Waals surface area contributed by atoms with Crippen LogP contribution in [0.25, 0.3) is 11.2 Å². The van der Waals surface area contributed by atoms with Crippen molar-refractivity contribution >= 4 is 74.9 Å². The number of aromatic nitrogens is 4. The maximum absolute atomic E-state index is 12.7. The number of amides is 2. The molecule has 1 aliphatic heterocycles. The number of aliphatic hydroxyl groups excluding tert-OH is 2. The number of thioether (sulfide) groups is 1. The van der Waals surface area contributed by atoms with Crippen molar-refractivity contribution in [3.05, 3.63) is 42.5 Å². The molecule has 1 fully saturated rings. The summed E-state index contributed by atoms with van der Waals surface area (Å²) in [5.41, 5.74) is 4.20. The van der Waals surface area contributed by atoms with Crippen molar-refractivity contribution in [2.75, 3.05) is 37.8 Å². The van der Waals surface area contributed by atoms with E-state index in [0.29, 0.717) is 0 Å². The first kappa shape index (κ1) is 48.9. The first-order chi connectivity index (χ1) is 27.9. The normalized spacial score (nSPS) is 20.9. The number of nitrogens with one attached hydrogen (secondary N) is 2. The minimum absolute atomic E-state index is 0.0108. The molecule has 2 amide bonds. The molecule has 0 bridgehead atoms. The van der Waals surface area contributed by atoms with Gasteiger partial charge in [0.2, 0.25) is 11.8 Å². The fourth-order valence-electron chi connectivity index (χ4n) is 5.28. The van der Waals surface area contributed by atoms with Crippen LogP contribution in [0, 0.1) is 5.41 Å². The van der Waals surface area contributed by atoms with Gasteiger partial charge in [0.15, 0.2) is 28.6 Å². The van der Waals surface area contributed by atoms with Gasteiger partial charge in [-0.1, -0.05) is 37.7 Å². The number of nitrogens with two attached hydrogens (primary N) is 1. The maximum Gasteiger partial charge on any atom is 0.481 e. The number of fused-ring (bicyclic) bond motifs is 1. The number of carbonyl (C=O) groups is 4. The van der Waals surface area contributed by atoms with E-state index in [0.717, 1.165) is 29.0 Å². The number of ether oxygens (including phenoxy) is 1. The molecule has 7 atom stereocenters. The Bertz CT molecular complexity index is 2190. The number of para-hydroxylation sites is 1. The average molecular weight is 930 g/mol. The van der Waals surface area contributed by atoms with E-state index >= 15 is 0 Å². The lowest BCUT2D eigenvalue weighted by Crippen LogP contribution is -2.46. The highest BCUT2D eigenvalue weighted by Gasteiger charge is 2.50. The predicted octanol–water partition coefficient (Wildman–Crippen LogP) is -0.357. The highest BCUT2D eigenvalue weighted by atomic mass is 32.2. The predicted molar refractivity (Wildman–Crippen MR) is 204 cm³/mol. The molecule has 3 heterocycles. The Morgan fingerprint density at radius 3 is 2.38 bits per heavy atom. The average Bonchev–Trinajstić information content (AvgIpc) is 3.71. The molecule has 0 spiro atoms. The number of phenolic OH excluding ortho intramolecular Hbond substituents is 1. The molecule has 30 heteroatoms. The Balaban J connectivity index is 1.20. The number of benzene rings is 1. The van der Waals surface area contributed by atoms with Crippen LogP contribution in [0.15, 0.2) is 36.9 Å². The number of aliphatic hydroxyl groups is 2. The van der Waals surface area contributed by atoms with Crippen molar-refractivity contribution in [3.63, 3.8) is 0 Å². The van der Waals surface area contributed by atoms with Crippen LogP contribution < -0.4 is 16.4 Å². The molecule has 1 aliphatic rings. The smallest absolute Gasteiger partial charge is 0.481 e. The SMILES string of the molecule is CC(C)(COP(=O)(O)OP(=O)(O)OC[C@H]1O[C@@H](n2cnc3c(N)ncnc32)[C@H](O)[C@@H]1OP(=O)(O)O)[C@@H](O)C(=O)NCCC(=O)NCCSC(=O)CC(=O)c1ccccc1O. The highest BCUT2D eigenvalue weighted by molar-refractivity contribution is 8.13. The molecular weight excluding hydrogens is 887 g/mol. The van der Waals surface area contributed by atoms with Crippen molar-refractivity contribution in [1.82, 2.24) is 30.2 Å². The van der Waals surface area contributed by atoms with Gasteiger partial charge in [-0.3, -0.25) is 37.3 Å². The fraction of sp³-hybridized carbons (Fsp3) is 0.500. The number of nitrogens with zero attached hydrogens (tertiary/aromatic N) is 4. The molecule has 2 aromatic heterocycles. The quantitative estimate of drug-likeness (QED) is 0.0266. The second kappa shape index (κ2) is 20.4. The largest absolute Gasteiger partial charge is 0.507 e. The zero-order chi connectivity index (χ0) is 44.6. The van der Waals surface area contributed by atoms with Crippen molar-refractivity contribution < 1.29 is 90.4 Å². The first-order valence-electron chi connectivity index (χ1n) is 17.3. The fourth-order valence-corrected chi connectivity index (χ4v) is 8.78. The number of phosphoric acid groups is 3. The minimum atomic E-state index is -5.60. The summed E-state index contributed by atoms with van der Waals surface area (Å²) >= 11 is 0.797. The molecule has 1 aromatic carbocycles. The molecule has 2 unspecified atom stereocenters. The monoisotopic (exact) mass is 929 g/mol. The van der Waals surface area contributed by atoms with Crippen molar-refractivity contribution in [2.24, 2.45) is 5.41 Å². The lowest BCUT2D eigenvalue weighted by atomic mass is 9.87. The highest BCUT2D eigenvalue weighted by Crippen LogP contribution is 2.61. The van der Waals surface area contributed by atoms with Gasteiger partial charge in [0.1, 0.15) is 42.0 Å². The van der Waals surface area contributed by atoms with Crippen molar-refractivity contribution in [2.45, 2.75) is 57.3 Å². The molecule has 11 N–H and O–H groups in total. The van der Waals surface area contributed by atoms with Gasteiger partial charge in [0, 0.05) is 30.7 Å². The number of hydrogen-bond donors (Lipinski definition) is 10. The third-order valence-electron chi connectivity index (χ3n) is 8.27. The zero-order valence-corrected chi connectivity index (χ0v) is 34.9. The number of hydrogen-bond acceptors (Lipinski definition) is 20. The summed E-state index contributed by atoms with van der Waals surface area (Å²) < 4.78 is 62.1. The summed E-state index contributed by atoms with van der Waals surface area (Å²) in [5, 5.41) is 35.5. The first-order valence-corrected chi connectivity index (χ1v) is 22.8. The molecule has 0 radical (unpaired) electrons. The Morgan fingerprint density at radius 1 is 1.02 bits per heavy atom. The maximum atomic E-state index is 12.7. The molecule has 332 valence electrons. The van der Waals surface area contributed by atoms with Gasteiger partial charge in [0.25, 0.3) is 0 Å². The number of imidazole rings is 1. The number of ketones is 1. The van der Waals surface area contributed by atoms with E-state index < -0.39 is 102 Å². The van der Waals surface area contributed by atoms with Crippen LogP contribution >= 0.6 is 35.2 Å². The minimum Gasteiger partial charge on any atom is -0.507 e. The molecule has 60 heavy (non-hydrogen) atoms. The molecule has 0 aliphatic carbocycles. The topological polar surface area (TPSA) is 401 Å². The van der Waals surface area contributed by atoms with Crippen LogP contribution in [-0.4, -0.2) is 134 Å². The number of carbonyl (C=O) groups excluding carboxylic acids is 4. The van der Waals surface area contributed by atoms with Gasteiger partial charge in [-0.05, 0) is 12.1 Å². The van der Waals surface area contributed by atoms with E-state index in [2.05, 4.69) is 34.4 Å². The van der Waals surface area contributed by atoms with Gasteiger partial charge in [-0.15, -0.1) is 0 Å². The summed E-state index contributed by atoms with van der Waals surface area (Å²) in [4.78, 5) is 100. The Kier molecular flexibility index (Phi) is 16.6. The van der Waals surface area contributed by atoms with Gasteiger partial charge in [0.05, 0.1) is 31.5 Å². The second-order valence-corrected chi connectivity index (χ2v) is 18.8. The number of rotatable bonds is 22. The summed E-state index contributed by atoms with van der Waals surface area (Å²) in [5.74, 6) is -2.30. The van der Waals surface area contributed by atoms with E-state index in [1.165, 1.54) is 32.0 Å². The number of Topliss-reactive ketones (excluding diaryl/α,β-unsaturated/α-hetero) is 1. The Morgan fingerprint density at radius 2 is 1.70 bits per heavy atom. The van der Waals surface area contributed by atoms with Crippen LogP contribution in [0.4, 0.5) is 5.82 Å². The lowest BCUT2D eigenvalue weighted by molar-refractivity contribution is -0.137. The summed E-state index contributed by atoms with van der Waals surface area (Å²) in [6.07, 6.45) is -7.60. The van der Waals surface area contributed by atoms with Gasteiger partial charge in [-0.2, -0.15) is 4.31 Å². The lowest BCUT2D eigenvalue weighted by Gasteiger charge is -2.30. The third kappa shape index (κ3) is 13.9. The number of aromatic hydroxyl groups is 1. The molecule has 1 saturated heterocycles. The van der Waals surface area contributed by atoms with Gasteiger partial charge >= 0.3 is 23.5 Å². The van der Waals surface area contributed by atoms with E-state index in [9.17, 15) is 67.8 Å². The van der Waals surface area contributed by atoms with Crippen LogP contribution in [0.3, 0.4) is 0 Å². The van der Waals surface area contributed by atoms with Gasteiger partial charge < -0.3 is 56.0 Å². The molecule has 26 nitrogen and oxygen atoms in total. The van der Waals surface area contributed by atoms with E-state index in [1.807, 2.05) is 0 Å². The number of phosphoric ester groups is 3. The number of phenols is 1. The van der Waals surface area contributed by atoms with E-state index in [1.54, 1.807) is 6.07 Å². The molecule has 3 aromatic rings. The van der Waals surface area contributed by atoms with Crippen molar-refractivity contribution in [1.29, 1.82) is 0 Å². The van der Waals surface area contributed by atoms with Crippen LogP contribution in [0.5, 0.6) is 5.75 Å². The second-order valence-electron chi connectivity index (χ2n) is 13.4. The zero-order valence-electron chi connectivity index (χ0n) is 31.4. The summed E-state index contributed by atoms with van der Waals surface area (Å²) in [6, 6.07) is 5.77. The van der Waals surface area contributed by atoms with Crippen LogP contribution in [0.1, 0.15) is 43.3 Å².